The summed E-state index contributed by atoms with van der Waals surface area (Å²) in [7, 11) is 1.91. The van der Waals surface area contributed by atoms with Gasteiger partial charge in [-0.1, -0.05) is 0 Å². The number of alkyl halides is 3. The van der Waals surface area contributed by atoms with Crippen molar-refractivity contribution in [3.8, 4) is 0 Å². The molecule has 1 rings (SSSR count). The highest BCUT2D eigenvalue weighted by molar-refractivity contribution is 4.85. The van der Waals surface area contributed by atoms with Crippen molar-refractivity contribution >= 4 is 0 Å². The third-order valence-electron chi connectivity index (χ3n) is 2.79. The number of piperidine rings is 1. The Labute approximate surface area is 81.7 Å². The van der Waals surface area contributed by atoms with Gasteiger partial charge in [-0.05, 0) is 26.3 Å². The minimum absolute atomic E-state index is 0.162. The van der Waals surface area contributed by atoms with Crippen LogP contribution in [-0.4, -0.2) is 41.9 Å². The van der Waals surface area contributed by atoms with E-state index in [1.165, 1.54) is 0 Å². The number of aliphatic hydroxyl groups is 1. The van der Waals surface area contributed by atoms with E-state index in [0.29, 0.717) is 25.9 Å². The standard InChI is InChI=1S/C9H16F3NO/c1-13-6-4-8(14,5-7-13)2-3-9(10,11)12/h14H,2-7H2,1H3. The fourth-order valence-corrected chi connectivity index (χ4v) is 1.66. The van der Waals surface area contributed by atoms with Crippen molar-refractivity contribution in [3.05, 3.63) is 0 Å². The van der Waals surface area contributed by atoms with Gasteiger partial charge in [0.15, 0.2) is 0 Å². The van der Waals surface area contributed by atoms with Crippen molar-refractivity contribution in [1.29, 1.82) is 0 Å². The molecule has 2 nitrogen and oxygen atoms in total. The second kappa shape index (κ2) is 4.06. The van der Waals surface area contributed by atoms with E-state index in [-0.39, 0.29) is 6.42 Å². The summed E-state index contributed by atoms with van der Waals surface area (Å²) in [5.41, 5.74) is -1.10. The number of hydrogen-bond acceptors (Lipinski definition) is 2. The Balaban J connectivity index is 2.36. The van der Waals surface area contributed by atoms with Gasteiger partial charge in [0, 0.05) is 19.5 Å². The van der Waals surface area contributed by atoms with E-state index in [1.54, 1.807) is 0 Å². The quantitative estimate of drug-likeness (QED) is 0.752. The summed E-state index contributed by atoms with van der Waals surface area (Å²) in [6, 6.07) is 0. The zero-order valence-electron chi connectivity index (χ0n) is 8.27. The van der Waals surface area contributed by atoms with Crippen molar-refractivity contribution in [2.45, 2.75) is 37.5 Å². The van der Waals surface area contributed by atoms with Crippen LogP contribution < -0.4 is 0 Å². The summed E-state index contributed by atoms with van der Waals surface area (Å²) in [5.74, 6) is 0. The van der Waals surface area contributed by atoms with Gasteiger partial charge in [-0.25, -0.2) is 0 Å². The topological polar surface area (TPSA) is 23.5 Å². The number of hydrogen-bond donors (Lipinski definition) is 1. The van der Waals surface area contributed by atoms with Gasteiger partial charge in [0.2, 0.25) is 0 Å². The molecule has 1 heterocycles. The van der Waals surface area contributed by atoms with Crippen LogP contribution in [0.15, 0.2) is 0 Å². The molecule has 1 aliphatic rings. The second-order valence-electron chi connectivity index (χ2n) is 4.14. The fraction of sp³-hybridized carbons (Fsp3) is 1.00. The zero-order valence-corrected chi connectivity index (χ0v) is 8.27. The summed E-state index contributed by atoms with van der Waals surface area (Å²) in [4.78, 5) is 2.02. The average molecular weight is 211 g/mol. The van der Waals surface area contributed by atoms with Gasteiger partial charge in [0.1, 0.15) is 0 Å². The van der Waals surface area contributed by atoms with E-state index in [9.17, 15) is 18.3 Å². The predicted octanol–water partition coefficient (Wildman–Crippen LogP) is 1.79. The van der Waals surface area contributed by atoms with Gasteiger partial charge in [0.05, 0.1) is 5.60 Å². The molecule has 14 heavy (non-hydrogen) atoms. The number of likely N-dealkylation sites (tertiary alicyclic amines) is 1. The molecule has 0 spiro atoms. The Hall–Kier alpha value is -0.290. The van der Waals surface area contributed by atoms with Crippen molar-refractivity contribution in [2.75, 3.05) is 20.1 Å². The van der Waals surface area contributed by atoms with E-state index < -0.39 is 18.2 Å². The maximum absolute atomic E-state index is 11.9. The summed E-state index contributed by atoms with van der Waals surface area (Å²) in [5, 5.41) is 9.83. The van der Waals surface area contributed by atoms with Gasteiger partial charge < -0.3 is 10.0 Å². The van der Waals surface area contributed by atoms with Crippen LogP contribution in [0.2, 0.25) is 0 Å². The van der Waals surface area contributed by atoms with Crippen LogP contribution >= 0.6 is 0 Å². The molecule has 0 saturated carbocycles. The fourth-order valence-electron chi connectivity index (χ4n) is 1.66. The van der Waals surface area contributed by atoms with Crippen LogP contribution in [-0.2, 0) is 0 Å². The molecule has 5 heteroatoms. The molecule has 0 bridgehead atoms. The number of rotatable bonds is 2. The molecule has 0 aromatic rings. The van der Waals surface area contributed by atoms with Crippen molar-refractivity contribution in [3.63, 3.8) is 0 Å². The van der Waals surface area contributed by atoms with Crippen LogP contribution in [0.3, 0.4) is 0 Å². The first-order valence-electron chi connectivity index (χ1n) is 4.78. The Bertz CT molecular complexity index is 185. The lowest BCUT2D eigenvalue weighted by Crippen LogP contribution is -2.43. The first-order chi connectivity index (χ1) is 6.31. The van der Waals surface area contributed by atoms with E-state index in [2.05, 4.69) is 0 Å². The maximum atomic E-state index is 11.9. The predicted molar refractivity (Wildman–Crippen MR) is 47.0 cm³/mol. The Morgan fingerprint density at radius 3 is 2.21 bits per heavy atom. The molecule has 1 aliphatic heterocycles. The van der Waals surface area contributed by atoms with Gasteiger partial charge >= 0.3 is 6.18 Å². The second-order valence-corrected chi connectivity index (χ2v) is 4.14. The minimum atomic E-state index is -4.15. The highest BCUT2D eigenvalue weighted by Gasteiger charge is 2.36. The Kier molecular flexibility index (Phi) is 3.42. The van der Waals surface area contributed by atoms with Crippen LogP contribution in [0, 0.1) is 0 Å². The molecule has 1 saturated heterocycles. The Morgan fingerprint density at radius 2 is 1.79 bits per heavy atom. The minimum Gasteiger partial charge on any atom is -0.390 e. The molecule has 84 valence electrons. The highest BCUT2D eigenvalue weighted by atomic mass is 19.4. The van der Waals surface area contributed by atoms with Crippen molar-refractivity contribution in [1.82, 2.24) is 4.90 Å². The lowest BCUT2D eigenvalue weighted by molar-refractivity contribution is -0.150. The van der Waals surface area contributed by atoms with Gasteiger partial charge in [-0.3, -0.25) is 0 Å². The molecular weight excluding hydrogens is 195 g/mol. The number of halogens is 3. The molecule has 0 atom stereocenters. The molecule has 0 radical (unpaired) electrons. The van der Waals surface area contributed by atoms with E-state index >= 15 is 0 Å². The first kappa shape index (κ1) is 11.8. The van der Waals surface area contributed by atoms with E-state index in [4.69, 9.17) is 0 Å². The first-order valence-corrected chi connectivity index (χ1v) is 4.78. The monoisotopic (exact) mass is 211 g/mol. The van der Waals surface area contributed by atoms with Crippen molar-refractivity contribution in [2.24, 2.45) is 0 Å². The zero-order chi connectivity index (χ0) is 10.8. The SMILES string of the molecule is CN1CCC(O)(CCC(F)(F)F)CC1. The molecule has 0 unspecified atom stereocenters. The van der Waals surface area contributed by atoms with Crippen molar-refractivity contribution < 1.29 is 18.3 Å². The summed E-state index contributed by atoms with van der Waals surface area (Å²) < 4.78 is 35.8. The van der Waals surface area contributed by atoms with Gasteiger partial charge in [-0.15, -0.1) is 0 Å². The smallest absolute Gasteiger partial charge is 0.389 e. The summed E-state index contributed by atoms with van der Waals surface area (Å²) in [6.07, 6.45) is -4.31. The largest absolute Gasteiger partial charge is 0.390 e. The molecule has 0 aliphatic carbocycles. The lowest BCUT2D eigenvalue weighted by Gasteiger charge is -2.36. The van der Waals surface area contributed by atoms with Gasteiger partial charge in [0.25, 0.3) is 0 Å². The highest BCUT2D eigenvalue weighted by Crippen LogP contribution is 2.31. The molecule has 1 fully saturated rings. The van der Waals surface area contributed by atoms with Crippen LogP contribution in [0.1, 0.15) is 25.7 Å². The molecular formula is C9H16F3NO. The van der Waals surface area contributed by atoms with Crippen LogP contribution in [0.5, 0.6) is 0 Å². The lowest BCUT2D eigenvalue weighted by atomic mass is 9.87. The molecule has 0 aromatic carbocycles. The summed E-state index contributed by atoms with van der Waals surface area (Å²) in [6.45, 7) is 1.35. The third-order valence-corrected chi connectivity index (χ3v) is 2.79. The summed E-state index contributed by atoms with van der Waals surface area (Å²) >= 11 is 0. The van der Waals surface area contributed by atoms with E-state index in [1.807, 2.05) is 11.9 Å². The van der Waals surface area contributed by atoms with Crippen LogP contribution in [0.25, 0.3) is 0 Å². The van der Waals surface area contributed by atoms with Gasteiger partial charge in [-0.2, -0.15) is 13.2 Å². The Morgan fingerprint density at radius 1 is 1.29 bits per heavy atom. The maximum Gasteiger partial charge on any atom is 0.389 e. The third kappa shape index (κ3) is 3.84. The van der Waals surface area contributed by atoms with Crippen LogP contribution in [0.4, 0.5) is 13.2 Å². The normalized spacial score (nSPS) is 23.8. The average Bonchev–Trinajstić information content (AvgIpc) is 2.07. The molecule has 1 N–H and O–H groups in total. The molecule has 0 aromatic heterocycles. The number of nitrogens with zero attached hydrogens (tertiary/aromatic N) is 1. The molecule has 0 amide bonds. The van der Waals surface area contributed by atoms with E-state index in [0.717, 1.165) is 0 Å².